The number of amides is 1. The summed E-state index contributed by atoms with van der Waals surface area (Å²) in [4.78, 5) is 20.7. The Morgan fingerprint density at radius 2 is 2.18 bits per heavy atom. The highest BCUT2D eigenvalue weighted by Gasteiger charge is 2.29. The molecule has 1 saturated heterocycles. The third-order valence-corrected chi connectivity index (χ3v) is 3.99. The molecule has 0 radical (unpaired) electrons. The van der Waals surface area contributed by atoms with E-state index in [1.54, 1.807) is 18.5 Å². The number of hydrogen-bond acceptors (Lipinski definition) is 5. The molecule has 0 spiro atoms. The summed E-state index contributed by atoms with van der Waals surface area (Å²) in [6, 6.07) is 5.83. The van der Waals surface area contributed by atoms with Gasteiger partial charge in [0.25, 0.3) is 5.91 Å². The van der Waals surface area contributed by atoms with Crippen LogP contribution in [0.1, 0.15) is 23.1 Å². The third-order valence-electron chi connectivity index (χ3n) is 3.99. The average Bonchev–Trinajstić information content (AvgIpc) is 3.04. The fraction of sp³-hybridized carbons (Fsp3) is 0.400. The number of carbonyl (C=O) groups excluding carboxylic acids is 1. The van der Waals surface area contributed by atoms with Crippen LogP contribution in [0.3, 0.4) is 0 Å². The standard InChI is InChI=1S/C15H20N6O/c1-11-10-20(13-2-4-17-5-3-13)6-7-21(11)15(22)14-8-12(9-16)18-19-14/h2-5,8,11H,6-7,9-10,16H2,1H3,(H,18,19). The van der Waals surface area contributed by atoms with E-state index in [4.69, 9.17) is 5.73 Å². The molecule has 1 aliphatic rings. The van der Waals surface area contributed by atoms with Gasteiger partial charge in [0.2, 0.25) is 0 Å². The molecule has 1 unspecified atom stereocenters. The van der Waals surface area contributed by atoms with Gasteiger partial charge in [-0.3, -0.25) is 14.9 Å². The lowest BCUT2D eigenvalue weighted by Crippen LogP contribution is -2.54. The monoisotopic (exact) mass is 300 g/mol. The van der Waals surface area contributed by atoms with Gasteiger partial charge in [0, 0.05) is 56.0 Å². The van der Waals surface area contributed by atoms with Crippen LogP contribution in [0.2, 0.25) is 0 Å². The molecule has 0 aromatic carbocycles. The van der Waals surface area contributed by atoms with E-state index in [0.717, 1.165) is 24.5 Å². The minimum Gasteiger partial charge on any atom is -0.368 e. The van der Waals surface area contributed by atoms with Crippen molar-refractivity contribution >= 4 is 11.6 Å². The lowest BCUT2D eigenvalue weighted by molar-refractivity contribution is 0.0668. The molecule has 0 aliphatic carbocycles. The molecule has 22 heavy (non-hydrogen) atoms. The summed E-state index contributed by atoms with van der Waals surface area (Å²) in [5, 5.41) is 6.84. The number of piperazine rings is 1. The molecule has 1 aliphatic heterocycles. The molecule has 3 heterocycles. The first-order valence-electron chi connectivity index (χ1n) is 7.39. The van der Waals surface area contributed by atoms with Crippen LogP contribution in [0.25, 0.3) is 0 Å². The highest BCUT2D eigenvalue weighted by atomic mass is 16.2. The van der Waals surface area contributed by atoms with Crippen molar-refractivity contribution in [3.63, 3.8) is 0 Å². The van der Waals surface area contributed by atoms with Crippen molar-refractivity contribution < 1.29 is 4.79 Å². The van der Waals surface area contributed by atoms with Crippen molar-refractivity contribution in [2.45, 2.75) is 19.5 Å². The van der Waals surface area contributed by atoms with E-state index in [1.807, 2.05) is 17.0 Å². The Hall–Kier alpha value is -2.41. The Morgan fingerprint density at radius 1 is 1.41 bits per heavy atom. The molecule has 2 aromatic rings. The summed E-state index contributed by atoms with van der Waals surface area (Å²) in [5.74, 6) is -0.0437. The number of nitrogens with zero attached hydrogens (tertiary/aromatic N) is 4. The summed E-state index contributed by atoms with van der Waals surface area (Å²) in [5.41, 5.74) is 7.89. The van der Waals surface area contributed by atoms with Gasteiger partial charge in [0.15, 0.2) is 0 Å². The molecule has 0 bridgehead atoms. The predicted octanol–water partition coefficient (Wildman–Crippen LogP) is 0.614. The number of nitrogens with one attached hydrogen (secondary N) is 1. The Labute approximate surface area is 129 Å². The van der Waals surface area contributed by atoms with E-state index >= 15 is 0 Å². The maximum atomic E-state index is 12.6. The van der Waals surface area contributed by atoms with Crippen LogP contribution in [0.5, 0.6) is 0 Å². The van der Waals surface area contributed by atoms with Crippen molar-refractivity contribution in [2.24, 2.45) is 5.73 Å². The van der Waals surface area contributed by atoms with Gasteiger partial charge in [-0.05, 0) is 25.1 Å². The van der Waals surface area contributed by atoms with E-state index in [9.17, 15) is 4.79 Å². The highest BCUT2D eigenvalue weighted by Crippen LogP contribution is 2.19. The number of hydrogen-bond donors (Lipinski definition) is 2. The molecule has 116 valence electrons. The molecule has 1 amide bonds. The lowest BCUT2D eigenvalue weighted by atomic mass is 10.1. The van der Waals surface area contributed by atoms with E-state index in [2.05, 4.69) is 27.0 Å². The second kappa shape index (κ2) is 6.15. The third kappa shape index (κ3) is 2.80. The van der Waals surface area contributed by atoms with E-state index in [1.165, 1.54) is 0 Å². The number of carbonyl (C=O) groups is 1. The van der Waals surface area contributed by atoms with Gasteiger partial charge in [-0.2, -0.15) is 5.10 Å². The van der Waals surface area contributed by atoms with Crippen LogP contribution in [0.15, 0.2) is 30.6 Å². The van der Waals surface area contributed by atoms with Crippen LogP contribution < -0.4 is 10.6 Å². The van der Waals surface area contributed by atoms with Crippen molar-refractivity contribution in [1.82, 2.24) is 20.1 Å². The topological polar surface area (TPSA) is 91.1 Å². The number of anilines is 1. The van der Waals surface area contributed by atoms with Gasteiger partial charge in [-0.1, -0.05) is 0 Å². The van der Waals surface area contributed by atoms with Crippen molar-refractivity contribution in [3.8, 4) is 0 Å². The number of aromatic nitrogens is 3. The average molecular weight is 300 g/mol. The van der Waals surface area contributed by atoms with Gasteiger partial charge < -0.3 is 15.5 Å². The molecule has 7 nitrogen and oxygen atoms in total. The maximum absolute atomic E-state index is 12.6. The number of pyridine rings is 1. The molecular formula is C15H20N6O. The summed E-state index contributed by atoms with van der Waals surface area (Å²) in [6.45, 7) is 4.68. The van der Waals surface area contributed by atoms with Crippen LogP contribution in [0, 0.1) is 0 Å². The Morgan fingerprint density at radius 3 is 2.82 bits per heavy atom. The summed E-state index contributed by atoms with van der Waals surface area (Å²) in [6.07, 6.45) is 3.57. The normalized spacial score (nSPS) is 18.5. The zero-order valence-electron chi connectivity index (χ0n) is 12.6. The van der Waals surface area contributed by atoms with Crippen molar-refractivity contribution in [3.05, 3.63) is 42.0 Å². The van der Waals surface area contributed by atoms with E-state index < -0.39 is 0 Å². The minimum absolute atomic E-state index is 0.0437. The molecule has 1 atom stereocenters. The maximum Gasteiger partial charge on any atom is 0.274 e. The number of aromatic amines is 1. The molecule has 0 saturated carbocycles. The zero-order chi connectivity index (χ0) is 15.5. The van der Waals surface area contributed by atoms with Gasteiger partial charge in [0.1, 0.15) is 5.69 Å². The molecule has 7 heteroatoms. The van der Waals surface area contributed by atoms with Crippen LogP contribution >= 0.6 is 0 Å². The molecule has 3 N–H and O–H groups in total. The first kappa shape index (κ1) is 14.5. The van der Waals surface area contributed by atoms with Gasteiger partial charge >= 0.3 is 0 Å². The molecule has 2 aromatic heterocycles. The predicted molar refractivity (Wildman–Crippen MR) is 83.4 cm³/mol. The van der Waals surface area contributed by atoms with Gasteiger partial charge in [0.05, 0.1) is 0 Å². The zero-order valence-corrected chi connectivity index (χ0v) is 12.6. The molecule has 1 fully saturated rings. The van der Waals surface area contributed by atoms with Crippen LogP contribution in [-0.2, 0) is 6.54 Å². The number of H-pyrrole nitrogens is 1. The largest absolute Gasteiger partial charge is 0.368 e. The Balaban J connectivity index is 1.69. The summed E-state index contributed by atoms with van der Waals surface area (Å²) >= 11 is 0. The van der Waals surface area contributed by atoms with Crippen molar-refractivity contribution in [2.75, 3.05) is 24.5 Å². The first-order chi connectivity index (χ1) is 10.7. The fourth-order valence-corrected chi connectivity index (χ4v) is 2.77. The summed E-state index contributed by atoms with van der Waals surface area (Å²) < 4.78 is 0. The second-order valence-corrected chi connectivity index (χ2v) is 5.48. The lowest BCUT2D eigenvalue weighted by Gasteiger charge is -2.40. The first-order valence-corrected chi connectivity index (χ1v) is 7.39. The van der Waals surface area contributed by atoms with Crippen LogP contribution in [-0.4, -0.2) is 51.7 Å². The van der Waals surface area contributed by atoms with Crippen LogP contribution in [0.4, 0.5) is 5.69 Å². The number of rotatable bonds is 3. The Kier molecular flexibility index (Phi) is 4.06. The fourth-order valence-electron chi connectivity index (χ4n) is 2.77. The highest BCUT2D eigenvalue weighted by molar-refractivity contribution is 5.92. The van der Waals surface area contributed by atoms with Gasteiger partial charge in [-0.15, -0.1) is 0 Å². The molecular weight excluding hydrogens is 280 g/mol. The van der Waals surface area contributed by atoms with E-state index in [0.29, 0.717) is 18.8 Å². The Bertz CT molecular complexity index is 640. The second-order valence-electron chi connectivity index (χ2n) is 5.48. The van der Waals surface area contributed by atoms with E-state index in [-0.39, 0.29) is 11.9 Å². The van der Waals surface area contributed by atoms with Crippen molar-refractivity contribution in [1.29, 1.82) is 0 Å². The minimum atomic E-state index is -0.0437. The summed E-state index contributed by atoms with van der Waals surface area (Å²) in [7, 11) is 0. The SMILES string of the molecule is CC1CN(c2ccncc2)CCN1C(=O)c1cc(CN)[nH]n1. The smallest absolute Gasteiger partial charge is 0.274 e. The van der Waals surface area contributed by atoms with Gasteiger partial charge in [-0.25, -0.2) is 0 Å². The quantitative estimate of drug-likeness (QED) is 0.867. The molecule has 3 rings (SSSR count). The number of nitrogens with two attached hydrogens (primary N) is 1.